The molecule has 0 saturated heterocycles. The molecule has 1 aromatic carbocycles. The van der Waals surface area contributed by atoms with E-state index in [9.17, 15) is 9.59 Å². The molecule has 0 saturated carbocycles. The van der Waals surface area contributed by atoms with Gasteiger partial charge in [-0.25, -0.2) is 0 Å². The number of para-hydroxylation sites is 2. The van der Waals surface area contributed by atoms with Gasteiger partial charge >= 0.3 is 5.97 Å². The summed E-state index contributed by atoms with van der Waals surface area (Å²) in [5.74, 6) is -0.0693. The monoisotopic (exact) mass is 352 g/mol. The Balaban J connectivity index is 2.47. The van der Waals surface area contributed by atoms with E-state index in [4.69, 9.17) is 21.7 Å². The van der Waals surface area contributed by atoms with Crippen LogP contribution in [0.4, 0.5) is 5.69 Å². The Morgan fingerprint density at radius 2 is 1.92 bits per heavy atom. The van der Waals surface area contributed by atoms with Gasteiger partial charge in [0.25, 0.3) is 0 Å². The molecule has 0 radical (unpaired) electrons. The van der Waals surface area contributed by atoms with E-state index in [1.807, 2.05) is 24.3 Å². The summed E-state index contributed by atoms with van der Waals surface area (Å²) in [5.41, 5.74) is 0.685. The van der Waals surface area contributed by atoms with E-state index in [2.05, 4.69) is 17.6 Å². The fraction of sp³-hybridized carbons (Fsp3) is 0.471. The standard InChI is InChI=1S/C17H24N2O4S/c1-3-5-12-23-14-9-7-6-8-13(14)18-17(24)19-15(20)10-11-16(21)22-4-2/h6-9H,3-5,10-12H2,1-2H3,(H2,18,19,20,24). The fourth-order valence-electron chi connectivity index (χ4n) is 1.81. The second-order valence-electron chi connectivity index (χ2n) is 5.01. The summed E-state index contributed by atoms with van der Waals surface area (Å²) in [7, 11) is 0. The molecule has 1 aromatic rings. The topological polar surface area (TPSA) is 76.7 Å². The van der Waals surface area contributed by atoms with E-state index in [1.54, 1.807) is 6.92 Å². The van der Waals surface area contributed by atoms with E-state index in [-0.39, 0.29) is 23.9 Å². The minimum atomic E-state index is -0.402. The van der Waals surface area contributed by atoms with E-state index >= 15 is 0 Å². The highest BCUT2D eigenvalue weighted by Gasteiger charge is 2.10. The highest BCUT2D eigenvalue weighted by molar-refractivity contribution is 7.80. The molecule has 0 aliphatic heterocycles. The summed E-state index contributed by atoms with van der Waals surface area (Å²) < 4.78 is 10.5. The molecule has 0 aromatic heterocycles. The van der Waals surface area contributed by atoms with Crippen molar-refractivity contribution in [2.24, 2.45) is 0 Å². The average Bonchev–Trinajstić information content (AvgIpc) is 2.55. The van der Waals surface area contributed by atoms with Crippen LogP contribution in [0.25, 0.3) is 0 Å². The molecule has 0 bridgehead atoms. The van der Waals surface area contributed by atoms with Crippen LogP contribution in [-0.4, -0.2) is 30.2 Å². The molecule has 0 heterocycles. The van der Waals surface area contributed by atoms with Gasteiger partial charge < -0.3 is 20.1 Å². The van der Waals surface area contributed by atoms with Crippen LogP contribution in [0.3, 0.4) is 0 Å². The minimum Gasteiger partial charge on any atom is -0.491 e. The molecule has 6 nitrogen and oxygen atoms in total. The Hall–Kier alpha value is -2.15. The molecule has 1 amide bonds. The largest absolute Gasteiger partial charge is 0.491 e. The second-order valence-corrected chi connectivity index (χ2v) is 5.41. The third-order valence-electron chi connectivity index (χ3n) is 3.01. The van der Waals surface area contributed by atoms with Crippen LogP contribution in [-0.2, 0) is 14.3 Å². The maximum absolute atomic E-state index is 11.8. The maximum atomic E-state index is 11.8. The summed E-state index contributed by atoms with van der Waals surface area (Å²) in [6, 6.07) is 7.37. The van der Waals surface area contributed by atoms with Crippen molar-refractivity contribution in [1.29, 1.82) is 0 Å². The Morgan fingerprint density at radius 1 is 1.17 bits per heavy atom. The number of nitrogens with one attached hydrogen (secondary N) is 2. The molecule has 2 N–H and O–H groups in total. The number of carbonyl (C=O) groups excluding carboxylic acids is 2. The van der Waals surface area contributed by atoms with Crippen molar-refractivity contribution in [3.8, 4) is 5.75 Å². The lowest BCUT2D eigenvalue weighted by Crippen LogP contribution is -2.34. The molecule has 7 heteroatoms. The van der Waals surface area contributed by atoms with Gasteiger partial charge in [-0.3, -0.25) is 9.59 Å². The summed E-state index contributed by atoms with van der Waals surface area (Å²) in [5, 5.41) is 5.64. The van der Waals surface area contributed by atoms with Crippen molar-refractivity contribution in [3.63, 3.8) is 0 Å². The normalized spacial score (nSPS) is 9.92. The van der Waals surface area contributed by atoms with Gasteiger partial charge in [-0.2, -0.15) is 0 Å². The number of benzene rings is 1. The maximum Gasteiger partial charge on any atom is 0.306 e. The van der Waals surface area contributed by atoms with Crippen molar-refractivity contribution in [2.75, 3.05) is 18.5 Å². The molecule has 0 spiro atoms. The first-order valence-corrected chi connectivity index (χ1v) is 8.45. The van der Waals surface area contributed by atoms with Crippen molar-refractivity contribution in [1.82, 2.24) is 5.32 Å². The zero-order valence-corrected chi connectivity index (χ0v) is 14.9. The molecular weight excluding hydrogens is 328 g/mol. The lowest BCUT2D eigenvalue weighted by molar-refractivity contribution is -0.144. The van der Waals surface area contributed by atoms with Gasteiger partial charge in [-0.05, 0) is 37.7 Å². The van der Waals surface area contributed by atoms with E-state index < -0.39 is 5.97 Å². The van der Waals surface area contributed by atoms with Crippen LogP contribution in [0, 0.1) is 0 Å². The molecular formula is C17H24N2O4S. The van der Waals surface area contributed by atoms with Crippen LogP contribution in [0.15, 0.2) is 24.3 Å². The zero-order valence-electron chi connectivity index (χ0n) is 14.1. The lowest BCUT2D eigenvalue weighted by atomic mass is 10.3. The highest BCUT2D eigenvalue weighted by Crippen LogP contribution is 2.23. The van der Waals surface area contributed by atoms with Gasteiger partial charge in [0.2, 0.25) is 5.91 Å². The van der Waals surface area contributed by atoms with Crippen molar-refractivity contribution in [3.05, 3.63) is 24.3 Å². The molecule has 132 valence electrons. The van der Waals surface area contributed by atoms with Crippen molar-refractivity contribution in [2.45, 2.75) is 39.5 Å². The number of rotatable bonds is 9. The number of ether oxygens (including phenoxy) is 2. The predicted octanol–water partition coefficient (Wildman–Crippen LogP) is 3.02. The van der Waals surface area contributed by atoms with Gasteiger partial charge in [-0.1, -0.05) is 25.5 Å². The van der Waals surface area contributed by atoms with E-state index in [1.165, 1.54) is 0 Å². The first-order valence-electron chi connectivity index (χ1n) is 8.05. The molecule has 1 rings (SSSR count). The van der Waals surface area contributed by atoms with Gasteiger partial charge in [-0.15, -0.1) is 0 Å². The van der Waals surface area contributed by atoms with Crippen LogP contribution in [0.1, 0.15) is 39.5 Å². The molecule has 0 aliphatic rings. The lowest BCUT2D eigenvalue weighted by Gasteiger charge is -2.14. The summed E-state index contributed by atoms with van der Waals surface area (Å²) in [6.07, 6.45) is 2.06. The Morgan fingerprint density at radius 3 is 2.62 bits per heavy atom. The number of esters is 1. The number of amides is 1. The van der Waals surface area contributed by atoms with E-state index in [0.717, 1.165) is 12.8 Å². The molecule has 0 unspecified atom stereocenters. The smallest absolute Gasteiger partial charge is 0.306 e. The number of carbonyl (C=O) groups is 2. The van der Waals surface area contributed by atoms with Gasteiger partial charge in [0.15, 0.2) is 5.11 Å². The van der Waals surface area contributed by atoms with E-state index in [0.29, 0.717) is 24.7 Å². The number of thiocarbonyl (C=S) groups is 1. The minimum absolute atomic E-state index is 0.0231. The predicted molar refractivity (Wildman–Crippen MR) is 97.1 cm³/mol. The SMILES string of the molecule is CCCCOc1ccccc1NC(=S)NC(=O)CCC(=O)OCC. The summed E-state index contributed by atoms with van der Waals surface area (Å²) in [6.45, 7) is 4.73. The quantitative estimate of drug-likeness (QED) is 0.404. The van der Waals surface area contributed by atoms with Gasteiger partial charge in [0, 0.05) is 6.42 Å². The summed E-state index contributed by atoms with van der Waals surface area (Å²) in [4.78, 5) is 23.0. The van der Waals surface area contributed by atoms with Gasteiger partial charge in [0.05, 0.1) is 25.3 Å². The van der Waals surface area contributed by atoms with Crippen molar-refractivity contribution < 1.29 is 19.1 Å². The fourth-order valence-corrected chi connectivity index (χ4v) is 2.04. The first kappa shape index (κ1) is 19.9. The molecule has 0 aliphatic carbocycles. The van der Waals surface area contributed by atoms with Crippen LogP contribution in [0.2, 0.25) is 0 Å². The third kappa shape index (κ3) is 7.92. The highest BCUT2D eigenvalue weighted by atomic mass is 32.1. The Kier molecular flexibility index (Phi) is 9.45. The average molecular weight is 352 g/mol. The molecule has 24 heavy (non-hydrogen) atoms. The number of unbranched alkanes of at least 4 members (excludes halogenated alkanes) is 1. The summed E-state index contributed by atoms with van der Waals surface area (Å²) >= 11 is 5.12. The first-order chi connectivity index (χ1) is 11.6. The van der Waals surface area contributed by atoms with Crippen LogP contribution in [0.5, 0.6) is 5.75 Å². The Bertz CT molecular complexity index is 563. The van der Waals surface area contributed by atoms with Crippen LogP contribution < -0.4 is 15.4 Å². The third-order valence-corrected chi connectivity index (χ3v) is 3.21. The molecule has 0 atom stereocenters. The van der Waals surface area contributed by atoms with Crippen LogP contribution >= 0.6 is 12.2 Å². The number of anilines is 1. The number of hydrogen-bond donors (Lipinski definition) is 2. The zero-order chi connectivity index (χ0) is 17.8. The van der Waals surface area contributed by atoms with Gasteiger partial charge in [0.1, 0.15) is 5.75 Å². The number of hydrogen-bond acceptors (Lipinski definition) is 5. The second kappa shape index (κ2) is 11.4. The molecule has 0 fully saturated rings. The Labute approximate surface area is 147 Å². The van der Waals surface area contributed by atoms with Crippen molar-refractivity contribution >= 4 is 34.9 Å².